The van der Waals surface area contributed by atoms with Crippen LogP contribution in [0.15, 0.2) is 41.2 Å². The molecule has 0 spiro atoms. The number of carbonyl (C=O) groups is 3. The van der Waals surface area contributed by atoms with Gasteiger partial charge < -0.3 is 39.6 Å². The molecule has 3 aromatic heterocycles. The van der Waals surface area contributed by atoms with E-state index in [9.17, 15) is 24.3 Å². The Morgan fingerprint density at radius 1 is 1.04 bits per heavy atom. The van der Waals surface area contributed by atoms with E-state index < -0.39 is 17.5 Å². The Bertz CT molecular complexity index is 2240. The first kappa shape index (κ1) is 36.6. The molecule has 0 aliphatic carbocycles. The summed E-state index contributed by atoms with van der Waals surface area (Å²) in [6.07, 6.45) is 3.28. The first-order valence-electron chi connectivity index (χ1n) is 19.0. The van der Waals surface area contributed by atoms with Gasteiger partial charge in [-0.2, -0.15) is 0 Å². The van der Waals surface area contributed by atoms with Gasteiger partial charge in [0.05, 0.1) is 35.6 Å². The van der Waals surface area contributed by atoms with Crippen molar-refractivity contribution in [3.05, 3.63) is 74.7 Å². The fraction of sp³-hybridized carbons (Fsp3) is 0.475. The second-order valence-corrected chi connectivity index (χ2v) is 15.4. The van der Waals surface area contributed by atoms with Gasteiger partial charge in [0.15, 0.2) is 17.1 Å². The van der Waals surface area contributed by atoms with Gasteiger partial charge in [0.2, 0.25) is 5.91 Å². The standard InChI is InChI=1S/C40H46N8O7/c1-4-40(53)29-18-32-35-25(19-48(32)38(51)28(29)22-55-39(40)52)17-26-27(20-45(2)3)33(7-5-30(26)42-35)54-21-23-9-13-47(14-10-23)37(50)24-11-15-46(16-12-24)34-8-6-31(36(41)49)43-44-34/h5-8,17-18,23-24,53H,4,9-16,19-22H2,1-3H3,(H2,41,49)/t40-/m0/s1. The van der Waals surface area contributed by atoms with Crippen LogP contribution in [0.3, 0.4) is 0 Å². The van der Waals surface area contributed by atoms with E-state index in [1.54, 1.807) is 29.7 Å². The van der Waals surface area contributed by atoms with Crippen LogP contribution in [-0.2, 0) is 39.6 Å². The summed E-state index contributed by atoms with van der Waals surface area (Å²) in [6.45, 7) is 5.79. The van der Waals surface area contributed by atoms with E-state index in [-0.39, 0.29) is 36.1 Å². The number of hydrogen-bond donors (Lipinski definition) is 2. The second kappa shape index (κ2) is 14.3. The highest BCUT2D eigenvalue weighted by Crippen LogP contribution is 2.40. The van der Waals surface area contributed by atoms with Crippen LogP contribution in [0.1, 0.15) is 71.8 Å². The molecule has 0 bridgehead atoms. The lowest BCUT2D eigenvalue weighted by atomic mass is 9.86. The van der Waals surface area contributed by atoms with Crippen molar-refractivity contribution < 1.29 is 29.0 Å². The van der Waals surface area contributed by atoms with Crippen molar-refractivity contribution in [2.75, 3.05) is 51.8 Å². The predicted molar refractivity (Wildman–Crippen MR) is 202 cm³/mol. The number of anilines is 1. The Hall–Kier alpha value is -5.41. The van der Waals surface area contributed by atoms with E-state index in [4.69, 9.17) is 20.2 Å². The first-order valence-corrected chi connectivity index (χ1v) is 19.0. The summed E-state index contributed by atoms with van der Waals surface area (Å²) in [5.74, 6) is 0.600. The number of hydrogen-bond acceptors (Lipinski definition) is 12. The highest BCUT2D eigenvalue weighted by atomic mass is 16.6. The van der Waals surface area contributed by atoms with Gasteiger partial charge in [0.1, 0.15) is 12.4 Å². The molecule has 8 rings (SSSR count). The van der Waals surface area contributed by atoms with E-state index >= 15 is 0 Å². The zero-order valence-corrected chi connectivity index (χ0v) is 31.4. The minimum absolute atomic E-state index is 0.0299. The number of ether oxygens (including phenoxy) is 2. The molecule has 0 saturated carbocycles. The Morgan fingerprint density at radius 2 is 1.80 bits per heavy atom. The largest absolute Gasteiger partial charge is 0.493 e. The Labute approximate surface area is 318 Å². The van der Waals surface area contributed by atoms with Crippen LogP contribution < -0.4 is 20.9 Å². The molecular weight excluding hydrogens is 704 g/mol. The smallest absolute Gasteiger partial charge is 0.343 e. The summed E-state index contributed by atoms with van der Waals surface area (Å²) in [6, 6.07) is 11.0. The normalized spacial score (nSPS) is 20.0. The monoisotopic (exact) mass is 750 g/mol. The molecule has 0 unspecified atom stereocenters. The topological polar surface area (TPSA) is 186 Å². The fourth-order valence-corrected chi connectivity index (χ4v) is 8.47. The van der Waals surface area contributed by atoms with Crippen molar-refractivity contribution in [1.82, 2.24) is 29.5 Å². The molecule has 288 valence electrons. The highest BCUT2D eigenvalue weighted by molar-refractivity contribution is 5.91. The summed E-state index contributed by atoms with van der Waals surface area (Å²) < 4.78 is 13.4. The third-order valence-electron chi connectivity index (χ3n) is 11.7. The quantitative estimate of drug-likeness (QED) is 0.210. The number of aromatic nitrogens is 4. The molecule has 15 heteroatoms. The molecule has 4 aliphatic heterocycles. The van der Waals surface area contributed by atoms with Gasteiger partial charge in [0, 0.05) is 60.7 Å². The summed E-state index contributed by atoms with van der Waals surface area (Å²) >= 11 is 0. The number of piperidine rings is 2. The number of cyclic esters (lactones) is 1. The van der Waals surface area contributed by atoms with Crippen LogP contribution in [0, 0.1) is 11.8 Å². The Kier molecular flexibility index (Phi) is 9.53. The molecule has 4 aliphatic rings. The lowest BCUT2D eigenvalue weighted by Crippen LogP contribution is -2.46. The summed E-state index contributed by atoms with van der Waals surface area (Å²) in [7, 11) is 4.02. The number of esters is 1. The van der Waals surface area contributed by atoms with Gasteiger partial charge in [-0.1, -0.05) is 6.92 Å². The molecule has 2 amide bonds. The number of aliphatic hydroxyl groups is 1. The Morgan fingerprint density at radius 3 is 2.47 bits per heavy atom. The summed E-state index contributed by atoms with van der Waals surface area (Å²) in [5, 5.41) is 20.2. The maximum atomic E-state index is 13.7. The number of amides is 2. The number of fused-ring (bicyclic) bond motifs is 5. The number of carbonyl (C=O) groups excluding carboxylic acids is 3. The van der Waals surface area contributed by atoms with Crippen LogP contribution in [-0.4, -0.2) is 99.3 Å². The average molecular weight is 751 g/mol. The average Bonchev–Trinajstić information content (AvgIpc) is 3.56. The maximum Gasteiger partial charge on any atom is 0.343 e. The fourth-order valence-electron chi connectivity index (χ4n) is 8.47. The molecule has 2 fully saturated rings. The molecule has 0 radical (unpaired) electrons. The maximum absolute atomic E-state index is 13.7. The second-order valence-electron chi connectivity index (χ2n) is 15.4. The van der Waals surface area contributed by atoms with Gasteiger partial charge in [-0.3, -0.25) is 14.4 Å². The number of nitrogens with zero attached hydrogens (tertiary/aromatic N) is 7. The van der Waals surface area contributed by atoms with Crippen molar-refractivity contribution in [2.45, 2.75) is 64.3 Å². The zero-order chi connectivity index (χ0) is 38.6. The van der Waals surface area contributed by atoms with Gasteiger partial charge in [0.25, 0.3) is 11.5 Å². The summed E-state index contributed by atoms with van der Waals surface area (Å²) in [4.78, 5) is 62.3. The lowest BCUT2D eigenvalue weighted by molar-refractivity contribution is -0.172. The van der Waals surface area contributed by atoms with Gasteiger partial charge in [-0.05, 0) is 88.5 Å². The van der Waals surface area contributed by atoms with Crippen LogP contribution >= 0.6 is 0 Å². The van der Waals surface area contributed by atoms with Crippen molar-refractivity contribution >= 4 is 34.5 Å². The van der Waals surface area contributed by atoms with E-state index in [1.165, 1.54) is 0 Å². The lowest BCUT2D eigenvalue weighted by Gasteiger charge is -2.37. The summed E-state index contributed by atoms with van der Waals surface area (Å²) in [5.41, 5.74) is 7.74. The zero-order valence-electron chi connectivity index (χ0n) is 31.4. The SMILES string of the molecule is CC[C@@]1(O)C(=O)OCc2c1cc1n(c2=O)Cc2cc3c(CN(C)C)c(OCC4CCN(C(=O)C5CCN(c6ccc(C(N)=O)nn6)CC5)CC4)ccc3nc2-1. The van der Waals surface area contributed by atoms with Gasteiger partial charge in [-0.25, -0.2) is 9.78 Å². The molecule has 3 N–H and O–H groups in total. The number of benzene rings is 1. The molecule has 4 aromatic rings. The van der Waals surface area contributed by atoms with Crippen molar-refractivity contribution in [3.63, 3.8) is 0 Å². The predicted octanol–water partition coefficient (Wildman–Crippen LogP) is 2.56. The Balaban J connectivity index is 0.930. The van der Waals surface area contributed by atoms with E-state index in [2.05, 4.69) is 26.1 Å². The molecule has 1 aromatic carbocycles. The van der Waals surface area contributed by atoms with Crippen LogP contribution in [0.5, 0.6) is 5.75 Å². The minimum atomic E-state index is -1.88. The molecule has 7 heterocycles. The molecule has 1 atom stereocenters. The number of nitrogens with two attached hydrogens (primary N) is 1. The molecular formula is C40H46N8O7. The van der Waals surface area contributed by atoms with E-state index in [0.29, 0.717) is 80.1 Å². The van der Waals surface area contributed by atoms with Crippen LogP contribution in [0.4, 0.5) is 5.82 Å². The third kappa shape index (κ3) is 6.58. The first-order chi connectivity index (χ1) is 26.4. The number of primary amides is 1. The minimum Gasteiger partial charge on any atom is -0.493 e. The molecule has 2 saturated heterocycles. The van der Waals surface area contributed by atoms with Crippen LogP contribution in [0.2, 0.25) is 0 Å². The van der Waals surface area contributed by atoms with Gasteiger partial charge in [-0.15, -0.1) is 10.2 Å². The number of pyridine rings is 2. The molecule has 15 nitrogen and oxygen atoms in total. The number of rotatable bonds is 9. The molecule has 55 heavy (non-hydrogen) atoms. The van der Waals surface area contributed by atoms with Gasteiger partial charge >= 0.3 is 5.97 Å². The van der Waals surface area contributed by atoms with E-state index in [0.717, 1.165) is 53.5 Å². The number of likely N-dealkylation sites (tertiary alicyclic amines) is 1. The third-order valence-corrected chi connectivity index (χ3v) is 11.7. The van der Waals surface area contributed by atoms with Crippen molar-refractivity contribution in [2.24, 2.45) is 17.6 Å². The highest BCUT2D eigenvalue weighted by Gasteiger charge is 2.45. The van der Waals surface area contributed by atoms with Crippen LogP contribution in [0.25, 0.3) is 22.3 Å². The van der Waals surface area contributed by atoms with Crippen molar-refractivity contribution in [3.8, 4) is 17.1 Å². The van der Waals surface area contributed by atoms with Crippen molar-refractivity contribution in [1.29, 1.82) is 0 Å². The van der Waals surface area contributed by atoms with E-state index in [1.807, 2.05) is 31.1 Å².